The Balaban J connectivity index is 2.16. The monoisotopic (exact) mass is 213 g/mol. The van der Waals surface area contributed by atoms with E-state index in [-0.39, 0.29) is 17.3 Å². The van der Waals surface area contributed by atoms with Crippen molar-refractivity contribution in [3.8, 4) is 0 Å². The van der Waals surface area contributed by atoms with Gasteiger partial charge in [-0.1, -0.05) is 0 Å². The molecule has 1 saturated carbocycles. The van der Waals surface area contributed by atoms with E-state index in [4.69, 9.17) is 9.47 Å². The van der Waals surface area contributed by atoms with Crippen LogP contribution in [0.5, 0.6) is 0 Å². The van der Waals surface area contributed by atoms with Crippen molar-refractivity contribution in [1.82, 2.24) is 5.32 Å². The highest BCUT2D eigenvalue weighted by atomic mass is 16.5. The van der Waals surface area contributed by atoms with Gasteiger partial charge in [0.1, 0.15) is 0 Å². The van der Waals surface area contributed by atoms with E-state index < -0.39 is 0 Å². The molecular weight excluding hydrogens is 194 g/mol. The number of nitrogens with one attached hydrogen (secondary N) is 1. The molecular formula is C11H19NO3. The zero-order valence-electron chi connectivity index (χ0n) is 9.41. The van der Waals surface area contributed by atoms with E-state index in [9.17, 15) is 4.79 Å². The van der Waals surface area contributed by atoms with Crippen LogP contribution >= 0.6 is 0 Å². The van der Waals surface area contributed by atoms with E-state index >= 15 is 0 Å². The van der Waals surface area contributed by atoms with Gasteiger partial charge in [0.05, 0.1) is 19.6 Å². The zero-order valence-corrected chi connectivity index (χ0v) is 9.41. The summed E-state index contributed by atoms with van der Waals surface area (Å²) >= 11 is 0. The first kappa shape index (κ1) is 10.9. The fraction of sp³-hybridized carbons (Fsp3) is 0.909. The minimum atomic E-state index is -0.0936. The van der Waals surface area contributed by atoms with Gasteiger partial charge < -0.3 is 14.8 Å². The van der Waals surface area contributed by atoms with E-state index in [1.807, 2.05) is 0 Å². The summed E-state index contributed by atoms with van der Waals surface area (Å²) in [7, 11) is 3.17. The van der Waals surface area contributed by atoms with Crippen LogP contribution in [-0.4, -0.2) is 39.9 Å². The molecule has 0 radical (unpaired) electrons. The standard InChI is InChI=1S/C11H19NO3/c1-14-7-11(8-3-4-8)6-12-5-9(11)10(13)15-2/h8-9,12H,3-7H2,1-2H3. The highest BCUT2D eigenvalue weighted by molar-refractivity contribution is 5.74. The third-order valence-corrected chi connectivity index (χ3v) is 3.79. The Morgan fingerprint density at radius 2 is 2.20 bits per heavy atom. The third-order valence-electron chi connectivity index (χ3n) is 3.79. The highest BCUT2D eigenvalue weighted by Crippen LogP contribution is 2.52. The Morgan fingerprint density at radius 3 is 2.73 bits per heavy atom. The summed E-state index contributed by atoms with van der Waals surface area (Å²) in [5, 5.41) is 3.30. The molecule has 2 fully saturated rings. The second kappa shape index (κ2) is 4.10. The van der Waals surface area contributed by atoms with E-state index in [2.05, 4.69) is 5.32 Å². The highest BCUT2D eigenvalue weighted by Gasteiger charge is 2.55. The predicted molar refractivity (Wildman–Crippen MR) is 55.4 cm³/mol. The number of hydrogen-bond donors (Lipinski definition) is 1. The van der Waals surface area contributed by atoms with E-state index in [1.54, 1.807) is 7.11 Å². The summed E-state index contributed by atoms with van der Waals surface area (Å²) in [6, 6.07) is 0. The molecule has 2 rings (SSSR count). The van der Waals surface area contributed by atoms with Crippen LogP contribution in [-0.2, 0) is 14.3 Å². The lowest BCUT2D eigenvalue weighted by molar-refractivity contribution is -0.150. The van der Waals surface area contributed by atoms with Gasteiger partial charge in [0.15, 0.2) is 0 Å². The second-order valence-electron chi connectivity index (χ2n) is 4.65. The molecule has 4 nitrogen and oxygen atoms in total. The van der Waals surface area contributed by atoms with Crippen LogP contribution in [0.15, 0.2) is 0 Å². The molecule has 1 saturated heterocycles. The van der Waals surface area contributed by atoms with Crippen LogP contribution in [0, 0.1) is 17.3 Å². The molecule has 86 valence electrons. The van der Waals surface area contributed by atoms with Crippen molar-refractivity contribution in [2.45, 2.75) is 12.8 Å². The number of carbonyl (C=O) groups excluding carboxylic acids is 1. The van der Waals surface area contributed by atoms with Gasteiger partial charge in [-0.15, -0.1) is 0 Å². The van der Waals surface area contributed by atoms with Crippen LogP contribution in [0.3, 0.4) is 0 Å². The van der Waals surface area contributed by atoms with Crippen molar-refractivity contribution in [3.05, 3.63) is 0 Å². The molecule has 4 heteroatoms. The predicted octanol–water partition coefficient (Wildman–Crippen LogP) is 0.422. The Bertz CT molecular complexity index is 252. The summed E-state index contributed by atoms with van der Waals surface area (Å²) in [5.74, 6) is 0.510. The zero-order chi connectivity index (χ0) is 10.9. The second-order valence-corrected chi connectivity index (χ2v) is 4.65. The van der Waals surface area contributed by atoms with E-state index in [0.29, 0.717) is 12.5 Å². The molecule has 0 aromatic rings. The maximum atomic E-state index is 11.7. The lowest BCUT2D eigenvalue weighted by atomic mass is 9.74. The number of hydrogen-bond acceptors (Lipinski definition) is 4. The number of ether oxygens (including phenoxy) is 2. The van der Waals surface area contributed by atoms with Crippen molar-refractivity contribution in [1.29, 1.82) is 0 Å². The maximum absolute atomic E-state index is 11.7. The first-order valence-corrected chi connectivity index (χ1v) is 5.52. The molecule has 15 heavy (non-hydrogen) atoms. The average Bonchev–Trinajstić information content (AvgIpc) is 3.01. The summed E-state index contributed by atoms with van der Waals surface area (Å²) < 4.78 is 10.2. The van der Waals surface area contributed by atoms with E-state index in [1.165, 1.54) is 20.0 Å². The molecule has 1 N–H and O–H groups in total. The van der Waals surface area contributed by atoms with Gasteiger partial charge in [0, 0.05) is 25.6 Å². The van der Waals surface area contributed by atoms with Crippen LogP contribution in [0.1, 0.15) is 12.8 Å². The molecule has 0 spiro atoms. The minimum absolute atomic E-state index is 0.0121. The Hall–Kier alpha value is -0.610. The smallest absolute Gasteiger partial charge is 0.310 e. The molecule has 1 aliphatic carbocycles. The fourth-order valence-electron chi connectivity index (χ4n) is 2.86. The SMILES string of the molecule is COCC1(C2CC2)CNCC1C(=O)OC. The Kier molecular flexibility index (Phi) is 2.98. The quantitative estimate of drug-likeness (QED) is 0.688. The van der Waals surface area contributed by atoms with E-state index in [0.717, 1.165) is 13.1 Å². The van der Waals surface area contributed by atoms with Gasteiger partial charge in [-0.05, 0) is 18.8 Å². The van der Waals surface area contributed by atoms with Crippen LogP contribution in [0.2, 0.25) is 0 Å². The topological polar surface area (TPSA) is 47.6 Å². The fourth-order valence-corrected chi connectivity index (χ4v) is 2.86. The van der Waals surface area contributed by atoms with Crippen molar-refractivity contribution >= 4 is 5.97 Å². The van der Waals surface area contributed by atoms with Crippen LogP contribution in [0.4, 0.5) is 0 Å². The van der Waals surface area contributed by atoms with Crippen molar-refractivity contribution in [2.75, 3.05) is 33.9 Å². The van der Waals surface area contributed by atoms with Gasteiger partial charge in [-0.2, -0.15) is 0 Å². The van der Waals surface area contributed by atoms with Crippen LogP contribution < -0.4 is 5.32 Å². The van der Waals surface area contributed by atoms with Gasteiger partial charge in [-0.25, -0.2) is 0 Å². The molecule has 2 aliphatic rings. The lowest BCUT2D eigenvalue weighted by Crippen LogP contribution is -2.41. The molecule has 0 bridgehead atoms. The largest absolute Gasteiger partial charge is 0.469 e. The molecule has 0 aromatic heterocycles. The van der Waals surface area contributed by atoms with Gasteiger partial charge >= 0.3 is 5.97 Å². The summed E-state index contributed by atoms with van der Waals surface area (Å²) in [4.78, 5) is 11.7. The van der Waals surface area contributed by atoms with Gasteiger partial charge in [0.25, 0.3) is 0 Å². The molecule has 0 amide bonds. The summed E-state index contributed by atoms with van der Waals surface area (Å²) in [6.07, 6.45) is 2.44. The summed E-state index contributed by atoms with van der Waals surface area (Å²) in [5.41, 5.74) is -0.0121. The van der Waals surface area contributed by atoms with Crippen molar-refractivity contribution < 1.29 is 14.3 Å². The Morgan fingerprint density at radius 1 is 1.47 bits per heavy atom. The Labute approximate surface area is 90.3 Å². The molecule has 1 heterocycles. The summed E-state index contributed by atoms with van der Waals surface area (Å²) in [6.45, 7) is 2.27. The average molecular weight is 213 g/mol. The molecule has 2 unspecified atom stereocenters. The number of methoxy groups -OCH3 is 2. The first-order chi connectivity index (χ1) is 7.24. The van der Waals surface area contributed by atoms with Gasteiger partial charge in [0.2, 0.25) is 0 Å². The maximum Gasteiger partial charge on any atom is 0.310 e. The van der Waals surface area contributed by atoms with Crippen molar-refractivity contribution in [3.63, 3.8) is 0 Å². The molecule has 1 aliphatic heterocycles. The molecule has 2 atom stereocenters. The number of esters is 1. The lowest BCUT2D eigenvalue weighted by Gasteiger charge is -2.32. The third kappa shape index (κ3) is 1.76. The minimum Gasteiger partial charge on any atom is -0.469 e. The van der Waals surface area contributed by atoms with Crippen molar-refractivity contribution in [2.24, 2.45) is 17.3 Å². The van der Waals surface area contributed by atoms with Gasteiger partial charge in [-0.3, -0.25) is 4.79 Å². The number of carbonyl (C=O) groups is 1. The first-order valence-electron chi connectivity index (χ1n) is 5.52. The number of rotatable bonds is 4. The van der Waals surface area contributed by atoms with Crippen LogP contribution in [0.25, 0.3) is 0 Å². The molecule has 0 aromatic carbocycles. The normalized spacial score (nSPS) is 35.5.